The lowest BCUT2D eigenvalue weighted by Gasteiger charge is -2.14. The van der Waals surface area contributed by atoms with Gasteiger partial charge in [0.2, 0.25) is 0 Å². The standard InChI is InChI=1S/C16H13BrClFO2/c1-10(21-13-4-2-3-12(18)9-13)16(20)8-11-5-6-15(19)14(17)7-11/h2-7,9-10H,8H2,1H3. The minimum Gasteiger partial charge on any atom is -0.483 e. The second-order valence-corrected chi connectivity index (χ2v) is 5.90. The van der Waals surface area contributed by atoms with Gasteiger partial charge in [-0.3, -0.25) is 4.79 Å². The highest BCUT2D eigenvalue weighted by Gasteiger charge is 2.16. The SMILES string of the molecule is CC(Oc1cccc(Cl)c1)C(=O)Cc1ccc(F)c(Br)c1. The van der Waals surface area contributed by atoms with E-state index in [4.69, 9.17) is 16.3 Å². The van der Waals surface area contributed by atoms with E-state index in [0.29, 0.717) is 15.2 Å². The number of Topliss-reactive ketones (excluding diaryl/α,β-unsaturated/α-hetero) is 1. The number of benzene rings is 2. The van der Waals surface area contributed by atoms with Gasteiger partial charge in [-0.15, -0.1) is 0 Å². The van der Waals surface area contributed by atoms with Crippen molar-refractivity contribution in [2.75, 3.05) is 0 Å². The molecule has 0 aliphatic rings. The van der Waals surface area contributed by atoms with Gasteiger partial charge in [0, 0.05) is 11.4 Å². The number of carbonyl (C=O) groups excluding carboxylic acids is 1. The number of halogens is 3. The van der Waals surface area contributed by atoms with Crippen LogP contribution in [0.1, 0.15) is 12.5 Å². The van der Waals surface area contributed by atoms with Crippen LogP contribution in [0.25, 0.3) is 0 Å². The Hall–Kier alpha value is -1.39. The zero-order valence-corrected chi connectivity index (χ0v) is 13.6. The van der Waals surface area contributed by atoms with Crippen molar-refractivity contribution < 1.29 is 13.9 Å². The van der Waals surface area contributed by atoms with E-state index in [1.54, 1.807) is 43.3 Å². The predicted molar refractivity (Wildman–Crippen MR) is 84.4 cm³/mol. The molecule has 0 radical (unpaired) electrons. The van der Waals surface area contributed by atoms with Gasteiger partial charge in [0.15, 0.2) is 11.9 Å². The van der Waals surface area contributed by atoms with Crippen molar-refractivity contribution in [2.45, 2.75) is 19.4 Å². The van der Waals surface area contributed by atoms with Gasteiger partial charge in [-0.25, -0.2) is 4.39 Å². The Bertz CT molecular complexity index is 660. The number of rotatable bonds is 5. The number of hydrogen-bond acceptors (Lipinski definition) is 2. The van der Waals surface area contributed by atoms with Crippen LogP contribution in [-0.4, -0.2) is 11.9 Å². The van der Waals surface area contributed by atoms with Crippen LogP contribution in [0.5, 0.6) is 5.75 Å². The molecule has 0 aliphatic heterocycles. The first-order chi connectivity index (χ1) is 9.95. The molecule has 1 unspecified atom stereocenters. The van der Waals surface area contributed by atoms with Crippen LogP contribution in [-0.2, 0) is 11.2 Å². The van der Waals surface area contributed by atoms with Crippen molar-refractivity contribution in [3.63, 3.8) is 0 Å². The second-order valence-electron chi connectivity index (χ2n) is 4.61. The van der Waals surface area contributed by atoms with Gasteiger partial charge >= 0.3 is 0 Å². The van der Waals surface area contributed by atoms with Gasteiger partial charge in [0.05, 0.1) is 4.47 Å². The molecule has 0 aromatic heterocycles. The number of ether oxygens (including phenoxy) is 1. The molecule has 110 valence electrons. The van der Waals surface area contributed by atoms with Crippen LogP contribution in [0, 0.1) is 5.82 Å². The monoisotopic (exact) mass is 370 g/mol. The first-order valence-electron chi connectivity index (χ1n) is 6.34. The number of carbonyl (C=O) groups is 1. The summed E-state index contributed by atoms with van der Waals surface area (Å²) in [6.07, 6.45) is -0.423. The maximum absolute atomic E-state index is 13.2. The van der Waals surface area contributed by atoms with Crippen molar-refractivity contribution in [3.05, 3.63) is 63.3 Å². The second kappa shape index (κ2) is 7.05. The van der Waals surface area contributed by atoms with E-state index in [-0.39, 0.29) is 18.0 Å². The summed E-state index contributed by atoms with van der Waals surface area (Å²) >= 11 is 8.97. The zero-order chi connectivity index (χ0) is 15.4. The Morgan fingerprint density at radius 1 is 1.33 bits per heavy atom. The largest absolute Gasteiger partial charge is 0.483 e. The molecule has 21 heavy (non-hydrogen) atoms. The average molecular weight is 372 g/mol. The van der Waals surface area contributed by atoms with E-state index in [1.165, 1.54) is 6.07 Å². The fourth-order valence-electron chi connectivity index (χ4n) is 1.80. The Morgan fingerprint density at radius 3 is 2.76 bits per heavy atom. The molecule has 0 saturated heterocycles. The molecule has 0 aliphatic carbocycles. The van der Waals surface area contributed by atoms with E-state index in [9.17, 15) is 9.18 Å². The van der Waals surface area contributed by atoms with Crippen LogP contribution >= 0.6 is 27.5 Å². The van der Waals surface area contributed by atoms with Crippen LogP contribution in [0.3, 0.4) is 0 Å². The van der Waals surface area contributed by atoms with E-state index >= 15 is 0 Å². The summed E-state index contributed by atoms with van der Waals surface area (Å²) in [6.45, 7) is 1.68. The third-order valence-corrected chi connectivity index (χ3v) is 3.77. The molecule has 0 bridgehead atoms. The average Bonchev–Trinajstić information content (AvgIpc) is 2.43. The van der Waals surface area contributed by atoms with Gasteiger partial charge in [-0.2, -0.15) is 0 Å². The maximum atomic E-state index is 13.2. The van der Waals surface area contributed by atoms with Crippen LogP contribution < -0.4 is 4.74 Å². The third-order valence-electron chi connectivity index (χ3n) is 2.92. The van der Waals surface area contributed by atoms with Crippen molar-refractivity contribution >= 4 is 33.3 Å². The smallest absolute Gasteiger partial charge is 0.177 e. The van der Waals surface area contributed by atoms with Gasteiger partial charge < -0.3 is 4.74 Å². The minimum atomic E-state index is -0.604. The lowest BCUT2D eigenvalue weighted by Crippen LogP contribution is -2.25. The maximum Gasteiger partial charge on any atom is 0.177 e. The summed E-state index contributed by atoms with van der Waals surface area (Å²) in [6, 6.07) is 11.4. The molecule has 5 heteroatoms. The molecule has 0 spiro atoms. The van der Waals surface area contributed by atoms with Crippen LogP contribution in [0.2, 0.25) is 5.02 Å². The van der Waals surface area contributed by atoms with Gasteiger partial charge in [-0.1, -0.05) is 23.7 Å². The summed E-state index contributed by atoms with van der Waals surface area (Å²) in [7, 11) is 0. The molecule has 2 aromatic rings. The molecule has 0 heterocycles. The highest BCUT2D eigenvalue weighted by Crippen LogP contribution is 2.20. The van der Waals surface area contributed by atoms with Crippen LogP contribution in [0.4, 0.5) is 4.39 Å². The quantitative estimate of drug-likeness (QED) is 0.753. The van der Waals surface area contributed by atoms with Crippen molar-refractivity contribution in [2.24, 2.45) is 0 Å². The van der Waals surface area contributed by atoms with Crippen molar-refractivity contribution in [3.8, 4) is 5.75 Å². The Labute approximate surface area is 136 Å². The molecule has 0 fully saturated rings. The van der Waals surface area contributed by atoms with Gasteiger partial charge in [0.1, 0.15) is 11.6 Å². The lowest BCUT2D eigenvalue weighted by atomic mass is 10.1. The Kier molecular flexibility index (Phi) is 5.37. The molecule has 2 aromatic carbocycles. The first-order valence-corrected chi connectivity index (χ1v) is 7.51. The van der Waals surface area contributed by atoms with Crippen LogP contribution in [0.15, 0.2) is 46.9 Å². The summed E-state index contributed by atoms with van der Waals surface area (Å²) in [5.74, 6) is 0.103. The highest BCUT2D eigenvalue weighted by molar-refractivity contribution is 9.10. The summed E-state index contributed by atoms with van der Waals surface area (Å²) in [5.41, 5.74) is 0.731. The highest BCUT2D eigenvalue weighted by atomic mass is 79.9. The first kappa shape index (κ1) is 16.0. The fourth-order valence-corrected chi connectivity index (χ4v) is 2.41. The third kappa shape index (κ3) is 4.55. The Balaban J connectivity index is 2.00. The summed E-state index contributed by atoms with van der Waals surface area (Å²) in [5, 5.41) is 0.551. The molecule has 1 atom stereocenters. The van der Waals surface area contributed by atoms with E-state index in [0.717, 1.165) is 5.56 Å². The van der Waals surface area contributed by atoms with Crippen molar-refractivity contribution in [1.82, 2.24) is 0 Å². The predicted octanol–water partition coefficient (Wildman–Crippen LogP) is 4.82. The van der Waals surface area contributed by atoms with Gasteiger partial charge in [0.25, 0.3) is 0 Å². The molecule has 2 rings (SSSR count). The summed E-state index contributed by atoms with van der Waals surface area (Å²) < 4.78 is 19.1. The molecular formula is C16H13BrClFO2. The van der Waals surface area contributed by atoms with E-state index in [1.807, 2.05) is 0 Å². The number of ketones is 1. The lowest BCUT2D eigenvalue weighted by molar-refractivity contribution is -0.124. The normalized spacial score (nSPS) is 12.0. The number of hydrogen-bond donors (Lipinski definition) is 0. The fraction of sp³-hybridized carbons (Fsp3) is 0.188. The summed E-state index contributed by atoms with van der Waals surface area (Å²) in [4.78, 5) is 12.1. The van der Waals surface area contributed by atoms with Crippen molar-refractivity contribution in [1.29, 1.82) is 0 Å². The molecule has 0 saturated carbocycles. The topological polar surface area (TPSA) is 26.3 Å². The van der Waals surface area contributed by atoms with Gasteiger partial charge in [-0.05, 0) is 58.7 Å². The molecular weight excluding hydrogens is 359 g/mol. The minimum absolute atomic E-state index is 0.0894. The van der Waals surface area contributed by atoms with E-state index in [2.05, 4.69) is 15.9 Å². The molecule has 0 N–H and O–H groups in total. The molecule has 2 nitrogen and oxygen atoms in total. The van der Waals surface area contributed by atoms with E-state index < -0.39 is 6.10 Å². The zero-order valence-electron chi connectivity index (χ0n) is 11.3. The molecule has 0 amide bonds. The Morgan fingerprint density at radius 2 is 2.10 bits per heavy atom.